The molecule has 0 aliphatic rings. The van der Waals surface area contributed by atoms with Crippen molar-refractivity contribution in [2.24, 2.45) is 15.7 Å². The summed E-state index contributed by atoms with van der Waals surface area (Å²) in [6.07, 6.45) is 0. The molecule has 3 aromatic heterocycles. The van der Waals surface area contributed by atoms with Crippen LogP contribution in [0.5, 0.6) is 0 Å². The number of aliphatic imine (C=N–C) groups is 2. The number of rotatable bonds is 2. The lowest BCUT2D eigenvalue weighted by molar-refractivity contribution is 0.785. The van der Waals surface area contributed by atoms with Crippen LogP contribution in [0.15, 0.2) is 156 Å². The van der Waals surface area contributed by atoms with Crippen molar-refractivity contribution in [1.82, 2.24) is 13.7 Å². The second-order valence-electron chi connectivity index (χ2n) is 11.3. The molecule has 45 heavy (non-hydrogen) atoms. The molecule has 6 nitrogen and oxygen atoms in total. The fraction of sp³-hybridized carbons (Fsp3) is 0.0256. The molecule has 0 radical (unpaired) electrons. The molecule has 2 N–H and O–H groups in total. The van der Waals surface area contributed by atoms with Crippen LogP contribution in [0.25, 0.3) is 65.4 Å². The molecule has 214 valence electrons. The van der Waals surface area contributed by atoms with Gasteiger partial charge in [0.25, 0.3) is 0 Å². The monoisotopic (exact) mass is 580 g/mol. The van der Waals surface area contributed by atoms with E-state index in [1.165, 1.54) is 10.8 Å². The highest BCUT2D eigenvalue weighted by Crippen LogP contribution is 2.32. The molecule has 0 unspecified atom stereocenters. The van der Waals surface area contributed by atoms with E-state index >= 15 is 0 Å². The van der Waals surface area contributed by atoms with Gasteiger partial charge in [-0.15, -0.1) is 0 Å². The predicted octanol–water partition coefficient (Wildman–Crippen LogP) is 8.74. The Morgan fingerprint density at radius 2 is 0.733 bits per heavy atom. The molecule has 9 aromatic rings. The van der Waals surface area contributed by atoms with Gasteiger partial charge in [0.2, 0.25) is 11.9 Å². The van der Waals surface area contributed by atoms with E-state index in [1.807, 2.05) is 16.7 Å². The van der Waals surface area contributed by atoms with E-state index in [9.17, 15) is 0 Å². The molecular formula is C39H28N6. The maximum atomic E-state index is 7.01. The zero-order valence-corrected chi connectivity index (χ0v) is 24.4. The molecule has 0 amide bonds. The van der Waals surface area contributed by atoms with Gasteiger partial charge in [-0.1, -0.05) is 109 Å². The third kappa shape index (κ3) is 3.82. The molecule has 0 atom stereocenters. The predicted molar refractivity (Wildman–Crippen MR) is 188 cm³/mol. The lowest BCUT2D eigenvalue weighted by Gasteiger charge is -2.12. The maximum Gasteiger partial charge on any atom is 0.235 e. The Kier molecular flexibility index (Phi) is 5.62. The zero-order valence-electron chi connectivity index (χ0n) is 24.4. The highest BCUT2D eigenvalue weighted by atomic mass is 15.3. The fourth-order valence-electron chi connectivity index (χ4n) is 6.91. The van der Waals surface area contributed by atoms with Crippen molar-refractivity contribution < 1.29 is 0 Å². The summed E-state index contributed by atoms with van der Waals surface area (Å²) >= 11 is 0. The van der Waals surface area contributed by atoms with Gasteiger partial charge >= 0.3 is 0 Å². The van der Waals surface area contributed by atoms with Gasteiger partial charge in [-0.05, 0) is 36.4 Å². The second-order valence-corrected chi connectivity index (χ2v) is 11.3. The van der Waals surface area contributed by atoms with Crippen LogP contribution in [-0.2, 0) is 6.67 Å². The first-order chi connectivity index (χ1) is 22.3. The summed E-state index contributed by atoms with van der Waals surface area (Å²) in [5.41, 5.74) is 13.3. The normalized spacial score (nSPS) is 12.9. The maximum absolute atomic E-state index is 7.01. The number of hydrogen-bond donors (Lipinski definition) is 1. The van der Waals surface area contributed by atoms with Gasteiger partial charge in [0.15, 0.2) is 0 Å². The Labute approximate surface area is 258 Å². The van der Waals surface area contributed by atoms with Gasteiger partial charge in [0.05, 0.1) is 33.1 Å². The molecule has 6 aromatic carbocycles. The van der Waals surface area contributed by atoms with Crippen molar-refractivity contribution in [2.75, 3.05) is 0 Å². The number of hydrogen-bond acceptors (Lipinski definition) is 1. The minimum Gasteiger partial charge on any atom is -0.369 e. The number of aromatic nitrogens is 3. The van der Waals surface area contributed by atoms with Crippen LogP contribution in [0.4, 0.5) is 0 Å². The molecule has 0 saturated carbocycles. The van der Waals surface area contributed by atoms with Crippen LogP contribution in [0.1, 0.15) is 0 Å². The Bertz CT molecular complexity index is 2490. The van der Waals surface area contributed by atoms with Crippen LogP contribution in [-0.4, -0.2) is 25.6 Å². The first-order valence-corrected chi connectivity index (χ1v) is 15.1. The fourth-order valence-corrected chi connectivity index (χ4v) is 6.91. The lowest BCUT2D eigenvalue weighted by atomic mass is 10.2. The summed E-state index contributed by atoms with van der Waals surface area (Å²) in [7, 11) is 0. The highest BCUT2D eigenvalue weighted by molar-refractivity contribution is 6.18. The van der Waals surface area contributed by atoms with Crippen LogP contribution >= 0.6 is 0 Å². The van der Waals surface area contributed by atoms with E-state index in [0.29, 0.717) is 18.6 Å². The summed E-state index contributed by atoms with van der Waals surface area (Å²) in [6.45, 7) is 0.369. The van der Waals surface area contributed by atoms with Crippen molar-refractivity contribution in [2.45, 2.75) is 6.67 Å². The third-order valence-electron chi connectivity index (χ3n) is 8.84. The summed E-state index contributed by atoms with van der Waals surface area (Å²) in [6, 6.07) is 50.4. The summed E-state index contributed by atoms with van der Waals surface area (Å²) < 4.78 is 6.43. The molecule has 0 aliphatic carbocycles. The smallest absolute Gasteiger partial charge is 0.235 e. The van der Waals surface area contributed by atoms with E-state index in [0.717, 1.165) is 54.6 Å². The topological polar surface area (TPSA) is 65.5 Å². The molecule has 0 fully saturated rings. The van der Waals surface area contributed by atoms with Crippen molar-refractivity contribution in [3.63, 3.8) is 0 Å². The van der Waals surface area contributed by atoms with Crippen LogP contribution in [0.2, 0.25) is 0 Å². The first kappa shape index (κ1) is 25.4. The Balaban J connectivity index is 1.32. The molecule has 0 spiro atoms. The van der Waals surface area contributed by atoms with Crippen molar-refractivity contribution in [3.05, 3.63) is 146 Å². The minimum atomic E-state index is 0.357. The van der Waals surface area contributed by atoms with Crippen molar-refractivity contribution in [3.8, 4) is 0 Å². The number of fused-ring (bicyclic) bond motifs is 9. The standard InChI is InChI=1S/C39H28N6/c40-38(44-34-21-9-3-15-28(34)29-16-4-10-22-35(29)44)42-39(45-36-23-11-5-17-30(36)31-18-6-12-24-37(31)45)41-25-43-32-19-7-1-13-26(32)27-14-2-8-20-33(27)43/h1-24H,25H2,(H2,40,41,42). The third-order valence-corrected chi connectivity index (χ3v) is 8.84. The number of nitrogens with zero attached hydrogens (tertiary/aromatic N) is 5. The largest absolute Gasteiger partial charge is 0.369 e. The molecule has 0 aliphatic heterocycles. The van der Waals surface area contributed by atoms with Gasteiger partial charge in [0.1, 0.15) is 6.67 Å². The number of nitrogens with two attached hydrogens (primary N) is 1. The Morgan fingerprint density at radius 3 is 1.13 bits per heavy atom. The molecule has 0 bridgehead atoms. The van der Waals surface area contributed by atoms with Crippen molar-refractivity contribution in [1.29, 1.82) is 0 Å². The molecule has 6 heteroatoms. The molecule has 3 heterocycles. The molecule has 9 rings (SSSR count). The van der Waals surface area contributed by atoms with Crippen molar-refractivity contribution >= 4 is 77.3 Å². The van der Waals surface area contributed by atoms with Crippen LogP contribution < -0.4 is 5.73 Å². The lowest BCUT2D eigenvalue weighted by Crippen LogP contribution is -2.25. The number of benzene rings is 6. The van der Waals surface area contributed by atoms with E-state index in [2.05, 4.69) is 143 Å². The number of para-hydroxylation sites is 6. The van der Waals surface area contributed by atoms with Crippen LogP contribution in [0.3, 0.4) is 0 Å². The summed E-state index contributed by atoms with van der Waals surface area (Å²) in [4.78, 5) is 10.5. The Morgan fingerprint density at radius 1 is 0.422 bits per heavy atom. The van der Waals surface area contributed by atoms with Gasteiger partial charge in [-0.2, -0.15) is 4.99 Å². The van der Waals surface area contributed by atoms with E-state index < -0.39 is 0 Å². The van der Waals surface area contributed by atoms with E-state index in [-0.39, 0.29) is 0 Å². The van der Waals surface area contributed by atoms with Gasteiger partial charge < -0.3 is 10.3 Å². The second kappa shape index (κ2) is 9.96. The quantitative estimate of drug-likeness (QED) is 0.161. The van der Waals surface area contributed by atoms with Gasteiger partial charge in [-0.3, -0.25) is 9.13 Å². The zero-order chi connectivity index (χ0) is 29.9. The molecule has 0 saturated heterocycles. The minimum absolute atomic E-state index is 0.357. The average Bonchev–Trinajstić information content (AvgIpc) is 3.73. The Hall–Kier alpha value is -6.14. The van der Waals surface area contributed by atoms with Gasteiger partial charge in [-0.25, -0.2) is 4.99 Å². The SMILES string of the molecule is NC(=NC(=NCn1c2ccccc2c2ccccc21)n1c2ccccc2c2ccccc21)n1c2ccccc2c2ccccc21. The van der Waals surface area contributed by atoms with E-state index in [1.54, 1.807) is 0 Å². The summed E-state index contributed by atoms with van der Waals surface area (Å²) in [5.74, 6) is 0.879. The van der Waals surface area contributed by atoms with Crippen LogP contribution in [0, 0.1) is 0 Å². The average molecular weight is 581 g/mol. The summed E-state index contributed by atoms with van der Waals surface area (Å²) in [5, 5.41) is 6.95. The van der Waals surface area contributed by atoms with E-state index in [4.69, 9.17) is 15.7 Å². The molecular weight excluding hydrogens is 552 g/mol. The van der Waals surface area contributed by atoms with Gasteiger partial charge in [0, 0.05) is 32.3 Å². The first-order valence-electron chi connectivity index (χ1n) is 15.1. The highest BCUT2D eigenvalue weighted by Gasteiger charge is 2.18.